The van der Waals surface area contributed by atoms with Crippen molar-refractivity contribution in [3.63, 3.8) is 0 Å². The summed E-state index contributed by atoms with van der Waals surface area (Å²) in [4.78, 5) is 32.2. The van der Waals surface area contributed by atoms with Crippen LogP contribution in [0.1, 0.15) is 32.6 Å². The van der Waals surface area contributed by atoms with Crippen LogP contribution in [0.4, 0.5) is 4.79 Å². The van der Waals surface area contributed by atoms with Gasteiger partial charge in [0.2, 0.25) is 0 Å². The highest BCUT2D eigenvalue weighted by atomic mass is 16.4. The standard InChI is InChI=1S/C10H18N2O5/c1-2-3-4-5-11-10(17)12-7(9(15)16)6-8(13)14/h7H,2-6H2,1H3,(H,13,14)(H,15,16)(H2,11,12,17)/t7-/m0/s1. The van der Waals surface area contributed by atoms with Gasteiger partial charge in [-0.05, 0) is 6.42 Å². The van der Waals surface area contributed by atoms with Gasteiger partial charge < -0.3 is 20.8 Å². The van der Waals surface area contributed by atoms with E-state index in [9.17, 15) is 14.4 Å². The summed E-state index contributed by atoms with van der Waals surface area (Å²) in [6.45, 7) is 2.46. The molecule has 0 aliphatic rings. The Morgan fingerprint density at radius 2 is 1.82 bits per heavy atom. The highest BCUT2D eigenvalue weighted by Crippen LogP contribution is 1.94. The number of hydrogen-bond donors (Lipinski definition) is 4. The van der Waals surface area contributed by atoms with Crippen LogP contribution >= 0.6 is 0 Å². The Bertz CT molecular complexity index is 280. The summed E-state index contributed by atoms with van der Waals surface area (Å²) < 4.78 is 0. The molecule has 0 aliphatic heterocycles. The van der Waals surface area contributed by atoms with Crippen molar-refractivity contribution in [2.24, 2.45) is 0 Å². The molecular formula is C10H18N2O5. The second-order valence-electron chi connectivity index (χ2n) is 3.60. The minimum absolute atomic E-state index is 0.444. The predicted octanol–water partition coefficient (Wildman–Crippen LogP) is 0.404. The van der Waals surface area contributed by atoms with E-state index >= 15 is 0 Å². The van der Waals surface area contributed by atoms with Gasteiger partial charge in [-0.25, -0.2) is 9.59 Å². The number of aliphatic carboxylic acids is 2. The molecular weight excluding hydrogens is 228 g/mol. The molecule has 2 amide bonds. The van der Waals surface area contributed by atoms with Gasteiger partial charge in [0.1, 0.15) is 6.04 Å². The summed E-state index contributed by atoms with van der Waals surface area (Å²) in [5.74, 6) is -2.64. The van der Waals surface area contributed by atoms with E-state index in [1.165, 1.54) is 0 Å². The van der Waals surface area contributed by atoms with Crippen molar-refractivity contribution in [1.29, 1.82) is 0 Å². The number of hydrogen-bond acceptors (Lipinski definition) is 3. The van der Waals surface area contributed by atoms with Crippen LogP contribution in [0.15, 0.2) is 0 Å². The summed E-state index contributed by atoms with van der Waals surface area (Å²) >= 11 is 0. The number of carbonyl (C=O) groups is 3. The molecule has 0 saturated heterocycles. The molecule has 0 unspecified atom stereocenters. The molecule has 0 aromatic heterocycles. The average molecular weight is 246 g/mol. The molecule has 4 N–H and O–H groups in total. The van der Waals surface area contributed by atoms with Crippen LogP contribution in [0.25, 0.3) is 0 Å². The Morgan fingerprint density at radius 3 is 2.29 bits per heavy atom. The number of rotatable bonds is 8. The Balaban J connectivity index is 3.96. The summed E-state index contributed by atoms with van der Waals surface area (Å²) in [5, 5.41) is 21.7. The zero-order valence-electron chi connectivity index (χ0n) is 9.73. The minimum Gasteiger partial charge on any atom is -0.481 e. The molecule has 0 bridgehead atoms. The van der Waals surface area contributed by atoms with Gasteiger partial charge in [-0.2, -0.15) is 0 Å². The fourth-order valence-electron chi connectivity index (χ4n) is 1.16. The molecule has 0 aliphatic carbocycles. The molecule has 98 valence electrons. The van der Waals surface area contributed by atoms with Crippen LogP contribution in [-0.2, 0) is 9.59 Å². The van der Waals surface area contributed by atoms with E-state index in [-0.39, 0.29) is 0 Å². The zero-order chi connectivity index (χ0) is 13.3. The lowest BCUT2D eigenvalue weighted by Crippen LogP contribution is -2.47. The van der Waals surface area contributed by atoms with Crippen LogP contribution in [0.5, 0.6) is 0 Å². The lowest BCUT2D eigenvalue weighted by molar-refractivity contribution is -0.145. The predicted molar refractivity (Wildman–Crippen MR) is 59.7 cm³/mol. The Hall–Kier alpha value is -1.79. The largest absolute Gasteiger partial charge is 0.481 e. The van der Waals surface area contributed by atoms with E-state index in [0.29, 0.717) is 6.54 Å². The molecule has 0 rings (SSSR count). The Labute approximate surface area is 99.2 Å². The maximum Gasteiger partial charge on any atom is 0.326 e. The van der Waals surface area contributed by atoms with Crippen molar-refractivity contribution < 1.29 is 24.6 Å². The first-order chi connectivity index (χ1) is 7.97. The summed E-state index contributed by atoms with van der Waals surface area (Å²) in [6, 6.07) is -2.06. The maximum atomic E-state index is 11.2. The molecule has 0 heterocycles. The third-order valence-electron chi connectivity index (χ3n) is 2.05. The quantitative estimate of drug-likeness (QED) is 0.463. The second-order valence-corrected chi connectivity index (χ2v) is 3.60. The number of nitrogens with one attached hydrogen (secondary N) is 2. The molecule has 17 heavy (non-hydrogen) atoms. The normalized spacial score (nSPS) is 11.6. The number of carboxylic acid groups (broad SMARTS) is 2. The van der Waals surface area contributed by atoms with Crippen molar-refractivity contribution in [3.05, 3.63) is 0 Å². The SMILES string of the molecule is CCCCCNC(=O)N[C@@H](CC(=O)O)C(=O)O. The van der Waals surface area contributed by atoms with Crippen LogP contribution in [-0.4, -0.2) is 40.8 Å². The van der Waals surface area contributed by atoms with Crippen LogP contribution in [0, 0.1) is 0 Å². The van der Waals surface area contributed by atoms with Crippen LogP contribution < -0.4 is 10.6 Å². The first-order valence-electron chi connectivity index (χ1n) is 5.46. The summed E-state index contributed by atoms with van der Waals surface area (Å²) in [7, 11) is 0. The molecule has 0 spiro atoms. The molecule has 7 heteroatoms. The third-order valence-corrected chi connectivity index (χ3v) is 2.05. The van der Waals surface area contributed by atoms with Crippen molar-refractivity contribution >= 4 is 18.0 Å². The first kappa shape index (κ1) is 15.2. The molecule has 0 aromatic carbocycles. The van der Waals surface area contributed by atoms with Gasteiger partial charge in [0.25, 0.3) is 0 Å². The highest BCUT2D eigenvalue weighted by molar-refractivity contribution is 5.86. The lowest BCUT2D eigenvalue weighted by atomic mass is 10.2. The third kappa shape index (κ3) is 8.06. The fourth-order valence-corrected chi connectivity index (χ4v) is 1.16. The van der Waals surface area contributed by atoms with E-state index in [4.69, 9.17) is 10.2 Å². The van der Waals surface area contributed by atoms with E-state index in [1.54, 1.807) is 0 Å². The molecule has 1 atom stereocenters. The molecule has 0 fully saturated rings. The lowest BCUT2D eigenvalue weighted by Gasteiger charge is -2.13. The van der Waals surface area contributed by atoms with Crippen LogP contribution in [0.2, 0.25) is 0 Å². The number of carbonyl (C=O) groups excluding carboxylic acids is 1. The Morgan fingerprint density at radius 1 is 1.18 bits per heavy atom. The molecule has 0 radical (unpaired) electrons. The topological polar surface area (TPSA) is 116 Å². The average Bonchev–Trinajstić information content (AvgIpc) is 2.22. The zero-order valence-corrected chi connectivity index (χ0v) is 9.73. The molecule has 0 aromatic rings. The van der Waals surface area contributed by atoms with E-state index in [2.05, 4.69) is 10.6 Å². The Kier molecular flexibility index (Phi) is 7.49. The highest BCUT2D eigenvalue weighted by Gasteiger charge is 2.22. The molecule has 0 saturated carbocycles. The van der Waals surface area contributed by atoms with Crippen LogP contribution in [0.3, 0.4) is 0 Å². The fraction of sp³-hybridized carbons (Fsp3) is 0.700. The van der Waals surface area contributed by atoms with E-state index < -0.39 is 30.4 Å². The second kappa shape index (κ2) is 8.37. The maximum absolute atomic E-state index is 11.2. The van der Waals surface area contributed by atoms with E-state index in [1.807, 2.05) is 6.92 Å². The van der Waals surface area contributed by atoms with Gasteiger partial charge in [0.15, 0.2) is 0 Å². The van der Waals surface area contributed by atoms with Gasteiger partial charge in [-0.3, -0.25) is 4.79 Å². The molecule has 7 nitrogen and oxygen atoms in total. The van der Waals surface area contributed by atoms with Gasteiger partial charge in [0.05, 0.1) is 6.42 Å². The summed E-state index contributed by atoms with van der Waals surface area (Å²) in [6.07, 6.45) is 2.15. The van der Waals surface area contributed by atoms with Crippen molar-refractivity contribution in [3.8, 4) is 0 Å². The smallest absolute Gasteiger partial charge is 0.326 e. The van der Waals surface area contributed by atoms with Gasteiger partial charge >= 0.3 is 18.0 Å². The first-order valence-corrected chi connectivity index (χ1v) is 5.46. The number of carboxylic acids is 2. The number of amides is 2. The van der Waals surface area contributed by atoms with Crippen molar-refractivity contribution in [2.45, 2.75) is 38.6 Å². The number of urea groups is 1. The van der Waals surface area contributed by atoms with Gasteiger partial charge in [0, 0.05) is 6.54 Å². The number of unbranched alkanes of at least 4 members (excludes halogenated alkanes) is 2. The van der Waals surface area contributed by atoms with Gasteiger partial charge in [-0.15, -0.1) is 0 Å². The summed E-state index contributed by atoms with van der Waals surface area (Å²) in [5.41, 5.74) is 0. The van der Waals surface area contributed by atoms with Crippen molar-refractivity contribution in [2.75, 3.05) is 6.54 Å². The minimum atomic E-state index is -1.40. The van der Waals surface area contributed by atoms with E-state index in [0.717, 1.165) is 19.3 Å². The van der Waals surface area contributed by atoms with Crippen molar-refractivity contribution in [1.82, 2.24) is 10.6 Å². The van der Waals surface area contributed by atoms with Gasteiger partial charge in [-0.1, -0.05) is 19.8 Å². The monoisotopic (exact) mass is 246 g/mol.